The lowest BCUT2D eigenvalue weighted by Crippen LogP contribution is -2.08. The first-order valence-electron chi connectivity index (χ1n) is 4.22. The molecular weight excluding hydrogens is 200 g/mol. The second-order valence-corrected chi connectivity index (χ2v) is 3.49. The molecule has 0 spiro atoms. The average molecular weight is 209 g/mol. The zero-order valence-corrected chi connectivity index (χ0v) is 8.14. The van der Waals surface area contributed by atoms with Crippen molar-refractivity contribution in [2.45, 2.75) is 6.54 Å². The highest BCUT2D eigenvalue weighted by molar-refractivity contribution is 6.31. The van der Waals surface area contributed by atoms with E-state index in [1.54, 1.807) is 18.2 Å². The third-order valence-corrected chi connectivity index (χ3v) is 2.30. The molecule has 0 atom stereocenters. The first-order valence-corrected chi connectivity index (χ1v) is 4.60. The van der Waals surface area contributed by atoms with Crippen molar-refractivity contribution in [3.05, 3.63) is 45.2 Å². The van der Waals surface area contributed by atoms with Crippen LogP contribution in [0.3, 0.4) is 0 Å². The number of rotatable bonds is 1. The van der Waals surface area contributed by atoms with Crippen molar-refractivity contribution in [1.29, 1.82) is 0 Å². The molecule has 0 amide bonds. The maximum Gasteiger partial charge on any atom is 0.189 e. The van der Waals surface area contributed by atoms with Crippen molar-refractivity contribution in [3.8, 4) is 0 Å². The second-order valence-electron chi connectivity index (χ2n) is 3.05. The predicted molar refractivity (Wildman–Crippen MR) is 57.5 cm³/mol. The van der Waals surface area contributed by atoms with Crippen LogP contribution >= 0.6 is 11.6 Å². The van der Waals surface area contributed by atoms with Gasteiger partial charge in [-0.2, -0.15) is 0 Å². The lowest BCUT2D eigenvalue weighted by Gasteiger charge is -2.01. The van der Waals surface area contributed by atoms with E-state index in [0.29, 0.717) is 22.6 Å². The molecule has 3 nitrogen and oxygen atoms in total. The standard InChI is InChI=1S/C10H9ClN2O/c11-6-1-2-8-9(3-6)13-7(5-12)4-10(8)14/h1-4H,5,12H2,(H,13,14). The summed E-state index contributed by atoms with van der Waals surface area (Å²) < 4.78 is 0. The van der Waals surface area contributed by atoms with Gasteiger partial charge < -0.3 is 10.7 Å². The van der Waals surface area contributed by atoms with Crippen LogP contribution in [0, 0.1) is 0 Å². The number of nitrogens with one attached hydrogen (secondary N) is 1. The van der Waals surface area contributed by atoms with Crippen LogP contribution in [0.15, 0.2) is 29.1 Å². The Labute approximate surface area is 85.5 Å². The predicted octanol–water partition coefficient (Wildman–Crippen LogP) is 1.64. The van der Waals surface area contributed by atoms with Crippen LogP contribution in [-0.4, -0.2) is 4.98 Å². The highest BCUT2D eigenvalue weighted by Crippen LogP contribution is 2.14. The molecule has 0 radical (unpaired) electrons. The first kappa shape index (κ1) is 9.24. The molecule has 14 heavy (non-hydrogen) atoms. The molecule has 3 N–H and O–H groups in total. The lowest BCUT2D eigenvalue weighted by atomic mass is 10.2. The molecule has 0 aliphatic carbocycles. The molecule has 0 bridgehead atoms. The van der Waals surface area contributed by atoms with E-state index >= 15 is 0 Å². The highest BCUT2D eigenvalue weighted by Gasteiger charge is 2.01. The lowest BCUT2D eigenvalue weighted by molar-refractivity contribution is 1.00. The Kier molecular flexibility index (Phi) is 2.27. The third kappa shape index (κ3) is 1.52. The summed E-state index contributed by atoms with van der Waals surface area (Å²) in [5.74, 6) is 0. The molecule has 0 aliphatic rings. The molecule has 0 unspecified atom stereocenters. The number of hydrogen-bond donors (Lipinski definition) is 2. The van der Waals surface area contributed by atoms with Crippen LogP contribution in [0.1, 0.15) is 5.69 Å². The van der Waals surface area contributed by atoms with Crippen molar-refractivity contribution >= 4 is 22.5 Å². The zero-order valence-electron chi connectivity index (χ0n) is 7.38. The summed E-state index contributed by atoms with van der Waals surface area (Å²) in [4.78, 5) is 14.6. The monoisotopic (exact) mass is 208 g/mol. The Balaban J connectivity index is 2.84. The van der Waals surface area contributed by atoms with Gasteiger partial charge in [-0.1, -0.05) is 11.6 Å². The number of pyridine rings is 1. The number of H-pyrrole nitrogens is 1. The van der Waals surface area contributed by atoms with Crippen LogP contribution in [0.4, 0.5) is 0 Å². The van der Waals surface area contributed by atoms with Gasteiger partial charge in [-0.3, -0.25) is 4.79 Å². The molecule has 1 aromatic heterocycles. The molecule has 72 valence electrons. The Morgan fingerprint density at radius 3 is 2.86 bits per heavy atom. The Morgan fingerprint density at radius 2 is 2.14 bits per heavy atom. The Bertz CT molecular complexity index is 533. The zero-order chi connectivity index (χ0) is 10.1. The topological polar surface area (TPSA) is 58.9 Å². The van der Waals surface area contributed by atoms with Crippen molar-refractivity contribution in [1.82, 2.24) is 4.98 Å². The second kappa shape index (κ2) is 3.44. The summed E-state index contributed by atoms with van der Waals surface area (Å²) in [7, 11) is 0. The number of aromatic amines is 1. The first-order chi connectivity index (χ1) is 6.70. The largest absolute Gasteiger partial charge is 0.357 e. The van der Waals surface area contributed by atoms with Gasteiger partial charge in [-0.25, -0.2) is 0 Å². The van der Waals surface area contributed by atoms with Crippen LogP contribution in [0.2, 0.25) is 5.02 Å². The van der Waals surface area contributed by atoms with Crippen LogP contribution in [0.25, 0.3) is 10.9 Å². The van der Waals surface area contributed by atoms with Gasteiger partial charge in [-0.05, 0) is 18.2 Å². The fourth-order valence-electron chi connectivity index (χ4n) is 1.39. The van der Waals surface area contributed by atoms with Crippen molar-refractivity contribution in [2.75, 3.05) is 0 Å². The molecule has 0 saturated carbocycles. The normalized spacial score (nSPS) is 10.7. The van der Waals surface area contributed by atoms with E-state index < -0.39 is 0 Å². The summed E-state index contributed by atoms with van der Waals surface area (Å²) in [5.41, 5.74) is 6.85. The van der Waals surface area contributed by atoms with E-state index in [1.807, 2.05) is 0 Å². The molecule has 2 aromatic rings. The van der Waals surface area contributed by atoms with Gasteiger partial charge in [0.1, 0.15) is 0 Å². The summed E-state index contributed by atoms with van der Waals surface area (Å²) >= 11 is 5.81. The van der Waals surface area contributed by atoms with Gasteiger partial charge >= 0.3 is 0 Å². The number of fused-ring (bicyclic) bond motifs is 1. The van der Waals surface area contributed by atoms with E-state index in [1.165, 1.54) is 6.07 Å². The summed E-state index contributed by atoms with van der Waals surface area (Å²) in [6.45, 7) is 0.317. The number of hydrogen-bond acceptors (Lipinski definition) is 2. The van der Waals surface area contributed by atoms with Gasteiger partial charge in [0.05, 0.1) is 5.52 Å². The van der Waals surface area contributed by atoms with Crippen LogP contribution in [0.5, 0.6) is 0 Å². The molecule has 2 rings (SSSR count). The minimum Gasteiger partial charge on any atom is -0.357 e. The van der Waals surface area contributed by atoms with Crippen molar-refractivity contribution in [2.24, 2.45) is 5.73 Å². The van der Waals surface area contributed by atoms with Gasteiger partial charge in [0.2, 0.25) is 0 Å². The molecule has 0 aliphatic heterocycles. The van der Waals surface area contributed by atoms with E-state index in [2.05, 4.69) is 4.98 Å². The summed E-state index contributed by atoms with van der Waals surface area (Å²) in [6.07, 6.45) is 0. The van der Waals surface area contributed by atoms with Gasteiger partial charge in [-0.15, -0.1) is 0 Å². The fourth-order valence-corrected chi connectivity index (χ4v) is 1.56. The Hall–Kier alpha value is -1.32. The van der Waals surface area contributed by atoms with Gasteiger partial charge in [0.15, 0.2) is 5.43 Å². The Morgan fingerprint density at radius 1 is 1.36 bits per heavy atom. The van der Waals surface area contributed by atoms with E-state index in [-0.39, 0.29) is 5.43 Å². The van der Waals surface area contributed by atoms with E-state index in [9.17, 15) is 4.79 Å². The molecule has 0 fully saturated rings. The molecule has 4 heteroatoms. The van der Waals surface area contributed by atoms with Crippen molar-refractivity contribution < 1.29 is 0 Å². The van der Waals surface area contributed by atoms with Gasteiger partial charge in [0.25, 0.3) is 0 Å². The number of benzene rings is 1. The SMILES string of the molecule is NCc1cc(=O)c2ccc(Cl)cc2[nH]1. The summed E-state index contributed by atoms with van der Waals surface area (Å²) in [6, 6.07) is 6.63. The maximum absolute atomic E-state index is 11.6. The highest BCUT2D eigenvalue weighted by atomic mass is 35.5. The quantitative estimate of drug-likeness (QED) is 0.749. The maximum atomic E-state index is 11.6. The average Bonchev–Trinajstić information content (AvgIpc) is 2.16. The number of halogens is 1. The van der Waals surface area contributed by atoms with Crippen LogP contribution < -0.4 is 11.2 Å². The minimum absolute atomic E-state index is 0.0316. The number of aromatic nitrogens is 1. The molecule has 0 saturated heterocycles. The molecule has 1 heterocycles. The van der Waals surface area contributed by atoms with Crippen molar-refractivity contribution in [3.63, 3.8) is 0 Å². The van der Waals surface area contributed by atoms with E-state index in [4.69, 9.17) is 17.3 Å². The van der Waals surface area contributed by atoms with Crippen LogP contribution in [-0.2, 0) is 6.54 Å². The molecule has 1 aromatic carbocycles. The third-order valence-electron chi connectivity index (χ3n) is 2.07. The molecular formula is C10H9ClN2O. The smallest absolute Gasteiger partial charge is 0.189 e. The van der Waals surface area contributed by atoms with Gasteiger partial charge in [0, 0.05) is 28.7 Å². The minimum atomic E-state index is -0.0316. The summed E-state index contributed by atoms with van der Waals surface area (Å²) in [5, 5.41) is 1.23. The fraction of sp³-hybridized carbons (Fsp3) is 0.100. The van der Waals surface area contributed by atoms with E-state index in [0.717, 1.165) is 5.52 Å². The number of nitrogens with two attached hydrogens (primary N) is 1.